The molecule has 2 heterocycles. The molecule has 1 aliphatic heterocycles. The normalized spacial score (nSPS) is 22.5. The van der Waals surface area contributed by atoms with Gasteiger partial charge in [-0.2, -0.15) is 0 Å². The van der Waals surface area contributed by atoms with Crippen molar-refractivity contribution in [1.29, 1.82) is 0 Å². The molecule has 0 bridgehead atoms. The van der Waals surface area contributed by atoms with Crippen LogP contribution in [-0.4, -0.2) is 33.1 Å². The number of hydrogen-bond acceptors (Lipinski definition) is 2. The number of aromatic nitrogens is 2. The summed E-state index contributed by atoms with van der Waals surface area (Å²) in [5, 5.41) is 0. The van der Waals surface area contributed by atoms with Gasteiger partial charge in [0.15, 0.2) is 0 Å². The SMILES string of the molecule is CC1CCCCCN1C(=O)n1ccnc1. The first kappa shape index (κ1) is 10.2. The zero-order chi connectivity index (χ0) is 10.7. The Bertz CT molecular complexity index is 321. The van der Waals surface area contributed by atoms with Crippen LogP contribution in [0.5, 0.6) is 0 Å². The van der Waals surface area contributed by atoms with Crippen molar-refractivity contribution >= 4 is 6.03 Å². The van der Waals surface area contributed by atoms with E-state index in [0.29, 0.717) is 6.04 Å². The number of likely N-dealkylation sites (tertiary alicyclic amines) is 1. The highest BCUT2D eigenvalue weighted by atomic mass is 16.2. The Morgan fingerprint density at radius 3 is 3.00 bits per heavy atom. The van der Waals surface area contributed by atoms with Crippen LogP contribution in [0.25, 0.3) is 0 Å². The first-order chi connectivity index (χ1) is 7.29. The van der Waals surface area contributed by atoms with Gasteiger partial charge in [-0.25, -0.2) is 9.78 Å². The quantitative estimate of drug-likeness (QED) is 0.653. The van der Waals surface area contributed by atoms with Crippen molar-refractivity contribution in [2.24, 2.45) is 0 Å². The van der Waals surface area contributed by atoms with Gasteiger partial charge in [-0.3, -0.25) is 4.57 Å². The highest BCUT2D eigenvalue weighted by molar-refractivity contribution is 5.76. The van der Waals surface area contributed by atoms with Crippen molar-refractivity contribution in [3.05, 3.63) is 18.7 Å². The molecule has 15 heavy (non-hydrogen) atoms. The van der Waals surface area contributed by atoms with E-state index >= 15 is 0 Å². The van der Waals surface area contributed by atoms with Crippen molar-refractivity contribution in [2.45, 2.75) is 38.6 Å². The molecular formula is C11H17N3O. The fraction of sp³-hybridized carbons (Fsp3) is 0.636. The second-order valence-electron chi connectivity index (χ2n) is 4.14. The van der Waals surface area contributed by atoms with Gasteiger partial charge in [-0.1, -0.05) is 12.8 Å². The molecule has 1 atom stereocenters. The summed E-state index contributed by atoms with van der Waals surface area (Å²) in [5.74, 6) is 0. The third-order valence-corrected chi connectivity index (χ3v) is 3.02. The Labute approximate surface area is 89.9 Å². The van der Waals surface area contributed by atoms with E-state index in [-0.39, 0.29) is 6.03 Å². The van der Waals surface area contributed by atoms with Crippen LogP contribution in [0, 0.1) is 0 Å². The van der Waals surface area contributed by atoms with E-state index in [0.717, 1.165) is 19.4 Å². The molecule has 1 fully saturated rings. The standard InChI is InChI=1S/C11H17N3O/c1-10-5-3-2-4-7-14(10)11(15)13-8-6-12-9-13/h6,8-10H,2-5,7H2,1H3. The Hall–Kier alpha value is -1.32. The molecule has 0 aromatic carbocycles. The van der Waals surface area contributed by atoms with Crippen LogP contribution in [0.2, 0.25) is 0 Å². The average molecular weight is 207 g/mol. The van der Waals surface area contributed by atoms with Gasteiger partial charge in [0.1, 0.15) is 6.33 Å². The Balaban J connectivity index is 2.11. The molecule has 1 amide bonds. The Kier molecular flexibility index (Phi) is 3.04. The number of hydrogen-bond donors (Lipinski definition) is 0. The van der Waals surface area contributed by atoms with Gasteiger partial charge in [-0.05, 0) is 19.8 Å². The maximum absolute atomic E-state index is 12.1. The van der Waals surface area contributed by atoms with Crippen molar-refractivity contribution in [1.82, 2.24) is 14.5 Å². The molecule has 1 unspecified atom stereocenters. The third kappa shape index (κ3) is 2.19. The summed E-state index contributed by atoms with van der Waals surface area (Å²) < 4.78 is 1.56. The summed E-state index contributed by atoms with van der Waals surface area (Å²) in [6.07, 6.45) is 9.61. The predicted molar refractivity (Wildman–Crippen MR) is 57.7 cm³/mol. The number of imidazole rings is 1. The maximum atomic E-state index is 12.1. The molecule has 82 valence electrons. The van der Waals surface area contributed by atoms with Gasteiger partial charge in [0, 0.05) is 25.0 Å². The highest BCUT2D eigenvalue weighted by Crippen LogP contribution is 2.17. The minimum Gasteiger partial charge on any atom is -0.321 e. The van der Waals surface area contributed by atoms with Crippen LogP contribution in [0.3, 0.4) is 0 Å². The fourth-order valence-corrected chi connectivity index (χ4v) is 2.08. The second kappa shape index (κ2) is 4.47. The van der Waals surface area contributed by atoms with Crippen LogP contribution in [0.1, 0.15) is 32.6 Å². The molecule has 0 N–H and O–H groups in total. The molecule has 0 saturated carbocycles. The van der Waals surface area contributed by atoms with Crippen LogP contribution in [-0.2, 0) is 0 Å². The summed E-state index contributed by atoms with van der Waals surface area (Å²) in [6.45, 7) is 3.00. The minimum atomic E-state index is 0.0573. The molecular weight excluding hydrogens is 190 g/mol. The van der Waals surface area contributed by atoms with Gasteiger partial charge in [0.2, 0.25) is 0 Å². The van der Waals surface area contributed by atoms with Gasteiger partial charge in [-0.15, -0.1) is 0 Å². The van der Waals surface area contributed by atoms with E-state index in [4.69, 9.17) is 0 Å². The number of carbonyl (C=O) groups excluding carboxylic acids is 1. The molecule has 0 radical (unpaired) electrons. The predicted octanol–water partition coefficient (Wildman–Crippen LogP) is 2.12. The molecule has 0 aliphatic carbocycles. The minimum absolute atomic E-state index is 0.0573. The second-order valence-corrected chi connectivity index (χ2v) is 4.14. The zero-order valence-corrected chi connectivity index (χ0v) is 9.09. The first-order valence-electron chi connectivity index (χ1n) is 5.58. The molecule has 1 saturated heterocycles. The molecule has 1 aromatic heterocycles. The van der Waals surface area contributed by atoms with E-state index in [2.05, 4.69) is 11.9 Å². The number of carbonyl (C=O) groups is 1. The topological polar surface area (TPSA) is 38.1 Å². The summed E-state index contributed by atoms with van der Waals surface area (Å²) in [4.78, 5) is 17.9. The van der Waals surface area contributed by atoms with Crippen LogP contribution < -0.4 is 0 Å². The molecule has 0 spiro atoms. The summed E-state index contributed by atoms with van der Waals surface area (Å²) in [6, 6.07) is 0.407. The number of rotatable bonds is 0. The lowest BCUT2D eigenvalue weighted by Gasteiger charge is -2.26. The molecule has 4 heteroatoms. The summed E-state index contributed by atoms with van der Waals surface area (Å²) in [5.41, 5.74) is 0. The zero-order valence-electron chi connectivity index (χ0n) is 9.09. The van der Waals surface area contributed by atoms with E-state index in [1.165, 1.54) is 12.8 Å². The van der Waals surface area contributed by atoms with Crippen LogP contribution in [0.4, 0.5) is 4.79 Å². The van der Waals surface area contributed by atoms with E-state index in [1.54, 1.807) is 23.3 Å². The van der Waals surface area contributed by atoms with Gasteiger partial charge in [0.25, 0.3) is 0 Å². The van der Waals surface area contributed by atoms with Crippen molar-refractivity contribution in [2.75, 3.05) is 6.54 Å². The van der Waals surface area contributed by atoms with Crippen molar-refractivity contribution in [3.63, 3.8) is 0 Å². The van der Waals surface area contributed by atoms with Crippen LogP contribution in [0.15, 0.2) is 18.7 Å². The lowest BCUT2D eigenvalue weighted by Crippen LogP contribution is -2.40. The molecule has 1 aliphatic rings. The lowest BCUT2D eigenvalue weighted by molar-refractivity contribution is 0.182. The van der Waals surface area contributed by atoms with Gasteiger partial charge < -0.3 is 4.90 Å². The monoisotopic (exact) mass is 207 g/mol. The molecule has 4 nitrogen and oxygen atoms in total. The first-order valence-corrected chi connectivity index (χ1v) is 5.58. The molecule has 2 rings (SSSR count). The molecule has 1 aromatic rings. The third-order valence-electron chi connectivity index (χ3n) is 3.02. The largest absolute Gasteiger partial charge is 0.329 e. The average Bonchev–Trinajstić information content (AvgIpc) is 2.68. The van der Waals surface area contributed by atoms with Crippen LogP contribution >= 0.6 is 0 Å². The highest BCUT2D eigenvalue weighted by Gasteiger charge is 2.22. The Morgan fingerprint density at radius 1 is 1.40 bits per heavy atom. The fourth-order valence-electron chi connectivity index (χ4n) is 2.08. The van der Waals surface area contributed by atoms with Crippen molar-refractivity contribution in [3.8, 4) is 0 Å². The van der Waals surface area contributed by atoms with Crippen molar-refractivity contribution < 1.29 is 4.79 Å². The van der Waals surface area contributed by atoms with Gasteiger partial charge in [0.05, 0.1) is 0 Å². The Morgan fingerprint density at radius 2 is 2.27 bits per heavy atom. The van der Waals surface area contributed by atoms with Gasteiger partial charge >= 0.3 is 6.03 Å². The van der Waals surface area contributed by atoms with E-state index in [1.807, 2.05) is 4.90 Å². The lowest BCUT2D eigenvalue weighted by atomic mass is 10.1. The smallest absolute Gasteiger partial charge is 0.321 e. The van der Waals surface area contributed by atoms with E-state index in [9.17, 15) is 4.79 Å². The summed E-state index contributed by atoms with van der Waals surface area (Å²) in [7, 11) is 0. The van der Waals surface area contributed by atoms with E-state index < -0.39 is 0 Å². The summed E-state index contributed by atoms with van der Waals surface area (Å²) >= 11 is 0. The number of nitrogens with zero attached hydrogens (tertiary/aromatic N) is 3. The number of amides is 1. The maximum Gasteiger partial charge on any atom is 0.329 e.